The minimum Gasteiger partial charge on any atom is -0.483 e. The lowest BCUT2D eigenvalue weighted by atomic mass is 9.67. The summed E-state index contributed by atoms with van der Waals surface area (Å²) in [5.41, 5.74) is -1.69. The van der Waals surface area contributed by atoms with Gasteiger partial charge in [-0.15, -0.1) is 0 Å². The minimum atomic E-state index is -0.865. The van der Waals surface area contributed by atoms with E-state index in [1.54, 1.807) is 14.2 Å². The van der Waals surface area contributed by atoms with Crippen LogP contribution in [0.5, 0.6) is 0 Å². The quantitative estimate of drug-likeness (QED) is 0.446. The number of ether oxygens (including phenoxy) is 2. The molecule has 0 radical (unpaired) electrons. The Morgan fingerprint density at radius 2 is 1.63 bits per heavy atom. The van der Waals surface area contributed by atoms with Gasteiger partial charge in [0.2, 0.25) is 5.90 Å². The Hall–Kier alpha value is -0.585. The summed E-state index contributed by atoms with van der Waals surface area (Å²) in [6.45, 7) is 12.5. The van der Waals surface area contributed by atoms with Gasteiger partial charge in [0.1, 0.15) is 0 Å². The van der Waals surface area contributed by atoms with Crippen molar-refractivity contribution in [1.29, 1.82) is 0 Å². The van der Waals surface area contributed by atoms with Crippen molar-refractivity contribution in [3.8, 4) is 0 Å². The van der Waals surface area contributed by atoms with Crippen LogP contribution in [0.2, 0.25) is 0 Å². The van der Waals surface area contributed by atoms with E-state index in [0.717, 1.165) is 0 Å². The van der Waals surface area contributed by atoms with Gasteiger partial charge in [-0.05, 0) is 41.5 Å². The standard InChI is InChI=1S/C13H26BNO4/c1-9-15-10(16-7)13(6,17-8)14-18-11(2,3)12(4,5)19-14/h9H2,1-8H3/b15-10+. The first-order valence-corrected chi connectivity index (χ1v) is 6.64. The number of hydrogen-bond acceptors (Lipinski definition) is 5. The van der Waals surface area contributed by atoms with Gasteiger partial charge in [0.05, 0.1) is 18.3 Å². The molecule has 0 spiro atoms. The summed E-state index contributed by atoms with van der Waals surface area (Å²) < 4.78 is 23.1. The average Bonchev–Trinajstić information content (AvgIpc) is 2.55. The summed E-state index contributed by atoms with van der Waals surface area (Å²) in [5.74, 6) is 0.482. The fourth-order valence-electron chi connectivity index (χ4n) is 1.92. The van der Waals surface area contributed by atoms with Crippen LogP contribution in [0.4, 0.5) is 0 Å². The van der Waals surface area contributed by atoms with Gasteiger partial charge in [-0.1, -0.05) is 0 Å². The lowest BCUT2D eigenvalue weighted by molar-refractivity contribution is 0.00578. The first-order valence-electron chi connectivity index (χ1n) is 6.64. The smallest absolute Gasteiger partial charge is 0.483 e. The number of methoxy groups -OCH3 is 2. The van der Waals surface area contributed by atoms with Gasteiger partial charge in [0.15, 0.2) is 5.50 Å². The second kappa shape index (κ2) is 5.42. The van der Waals surface area contributed by atoms with Gasteiger partial charge in [-0.3, -0.25) is 4.99 Å². The van der Waals surface area contributed by atoms with Crippen molar-refractivity contribution in [3.63, 3.8) is 0 Å². The molecule has 1 aliphatic heterocycles. The van der Waals surface area contributed by atoms with Crippen LogP contribution in [-0.4, -0.2) is 50.5 Å². The highest BCUT2D eigenvalue weighted by atomic mass is 16.7. The molecule has 5 nitrogen and oxygen atoms in total. The van der Waals surface area contributed by atoms with Crippen LogP contribution in [0, 0.1) is 0 Å². The Kier molecular flexibility index (Phi) is 4.70. The van der Waals surface area contributed by atoms with Crippen molar-refractivity contribution in [2.24, 2.45) is 4.99 Å². The molecular formula is C13H26BNO4. The monoisotopic (exact) mass is 271 g/mol. The molecule has 0 bridgehead atoms. The van der Waals surface area contributed by atoms with E-state index in [4.69, 9.17) is 18.8 Å². The minimum absolute atomic E-state index is 0.414. The molecule has 0 N–H and O–H groups in total. The van der Waals surface area contributed by atoms with Gasteiger partial charge in [0.25, 0.3) is 0 Å². The molecule has 19 heavy (non-hydrogen) atoms. The van der Waals surface area contributed by atoms with Crippen molar-refractivity contribution in [2.45, 2.75) is 58.2 Å². The molecule has 110 valence electrons. The van der Waals surface area contributed by atoms with E-state index in [2.05, 4.69) is 4.99 Å². The predicted molar refractivity (Wildman–Crippen MR) is 76.5 cm³/mol. The Morgan fingerprint density at radius 3 is 1.95 bits per heavy atom. The first-order chi connectivity index (χ1) is 8.64. The third-order valence-corrected chi connectivity index (χ3v) is 4.05. The molecule has 0 aromatic carbocycles. The Labute approximate surface area is 116 Å². The first kappa shape index (κ1) is 16.5. The molecule has 1 fully saturated rings. The summed E-state index contributed by atoms with van der Waals surface area (Å²) in [6.07, 6.45) is 0. The molecule has 0 aliphatic carbocycles. The number of nitrogens with zero attached hydrogens (tertiary/aromatic N) is 1. The number of aliphatic imine (C=N–C) groups is 1. The number of hydrogen-bond donors (Lipinski definition) is 0. The molecule has 0 amide bonds. The molecule has 1 aliphatic rings. The van der Waals surface area contributed by atoms with Crippen LogP contribution in [0.25, 0.3) is 0 Å². The summed E-state index contributed by atoms with van der Waals surface area (Å²) >= 11 is 0. The zero-order valence-electron chi connectivity index (χ0n) is 13.4. The topological polar surface area (TPSA) is 49.3 Å². The maximum absolute atomic E-state index is 6.04. The van der Waals surface area contributed by atoms with Crippen LogP contribution in [0.15, 0.2) is 4.99 Å². The molecule has 1 saturated heterocycles. The molecule has 0 aromatic rings. The zero-order chi connectivity index (χ0) is 14.9. The van der Waals surface area contributed by atoms with Crippen molar-refractivity contribution < 1.29 is 18.8 Å². The van der Waals surface area contributed by atoms with Gasteiger partial charge in [0, 0.05) is 13.7 Å². The highest BCUT2D eigenvalue weighted by molar-refractivity contribution is 6.55. The van der Waals surface area contributed by atoms with E-state index in [-0.39, 0.29) is 0 Å². The molecule has 0 aromatic heterocycles. The van der Waals surface area contributed by atoms with E-state index in [1.165, 1.54) is 0 Å². The third-order valence-electron chi connectivity index (χ3n) is 4.05. The maximum atomic E-state index is 6.04. The second-order valence-electron chi connectivity index (χ2n) is 5.88. The summed E-state index contributed by atoms with van der Waals surface area (Å²) in [5, 5.41) is 0. The third kappa shape index (κ3) is 2.80. The van der Waals surface area contributed by atoms with E-state index in [1.807, 2.05) is 41.5 Å². The van der Waals surface area contributed by atoms with E-state index < -0.39 is 23.8 Å². The summed E-state index contributed by atoms with van der Waals surface area (Å²) in [6, 6.07) is 0. The number of rotatable bonds is 4. The van der Waals surface area contributed by atoms with E-state index in [0.29, 0.717) is 12.4 Å². The Morgan fingerprint density at radius 1 is 1.16 bits per heavy atom. The average molecular weight is 271 g/mol. The van der Waals surface area contributed by atoms with E-state index in [9.17, 15) is 0 Å². The lowest BCUT2D eigenvalue weighted by Gasteiger charge is -2.32. The highest BCUT2D eigenvalue weighted by Crippen LogP contribution is 2.40. The molecule has 1 atom stereocenters. The fourth-order valence-corrected chi connectivity index (χ4v) is 1.92. The van der Waals surface area contributed by atoms with Crippen LogP contribution in [0.3, 0.4) is 0 Å². The largest absolute Gasteiger partial charge is 0.502 e. The van der Waals surface area contributed by atoms with Crippen LogP contribution in [0.1, 0.15) is 41.5 Å². The second-order valence-corrected chi connectivity index (χ2v) is 5.88. The Balaban J connectivity index is 3.09. The lowest BCUT2D eigenvalue weighted by Crippen LogP contribution is -2.54. The van der Waals surface area contributed by atoms with Crippen molar-refractivity contribution in [3.05, 3.63) is 0 Å². The van der Waals surface area contributed by atoms with Gasteiger partial charge >= 0.3 is 7.12 Å². The normalized spacial score (nSPS) is 25.3. The van der Waals surface area contributed by atoms with Crippen LogP contribution in [-0.2, 0) is 18.8 Å². The van der Waals surface area contributed by atoms with Gasteiger partial charge in [-0.2, -0.15) is 0 Å². The molecule has 1 unspecified atom stereocenters. The van der Waals surface area contributed by atoms with Crippen molar-refractivity contribution in [1.82, 2.24) is 0 Å². The van der Waals surface area contributed by atoms with E-state index >= 15 is 0 Å². The molecule has 1 rings (SSSR count). The van der Waals surface area contributed by atoms with Crippen molar-refractivity contribution >= 4 is 13.0 Å². The Bertz CT molecular complexity index is 341. The molecular weight excluding hydrogens is 245 g/mol. The summed E-state index contributed by atoms with van der Waals surface area (Å²) in [4.78, 5) is 4.34. The van der Waals surface area contributed by atoms with Gasteiger partial charge < -0.3 is 18.8 Å². The van der Waals surface area contributed by atoms with Crippen LogP contribution >= 0.6 is 0 Å². The molecule has 0 saturated carbocycles. The molecule has 1 heterocycles. The summed E-state index contributed by atoms with van der Waals surface area (Å²) in [7, 11) is 2.62. The zero-order valence-corrected chi connectivity index (χ0v) is 13.4. The fraction of sp³-hybridized carbons (Fsp3) is 0.923. The van der Waals surface area contributed by atoms with Gasteiger partial charge in [-0.25, -0.2) is 0 Å². The maximum Gasteiger partial charge on any atom is 0.502 e. The molecule has 6 heteroatoms. The van der Waals surface area contributed by atoms with Crippen LogP contribution < -0.4 is 0 Å². The predicted octanol–water partition coefficient (Wildman–Crippen LogP) is 2.09. The van der Waals surface area contributed by atoms with Crippen molar-refractivity contribution in [2.75, 3.05) is 20.8 Å². The highest BCUT2D eigenvalue weighted by Gasteiger charge is 2.61. The SMILES string of the molecule is CC/N=C(/OC)C(C)(OC)B1OC(C)(C)C(C)(C)O1.